The number of likely N-dealkylation sites (tertiary alicyclic amines) is 1. The Morgan fingerprint density at radius 3 is 2.91 bits per heavy atom. The van der Waals surface area contributed by atoms with Gasteiger partial charge < -0.3 is 14.2 Å². The molecule has 3 rings (SSSR count). The van der Waals surface area contributed by atoms with Crippen LogP contribution in [0.3, 0.4) is 0 Å². The number of carbonyl (C=O) groups is 1. The van der Waals surface area contributed by atoms with E-state index in [2.05, 4.69) is 4.98 Å². The minimum Gasteiger partial charge on any atom is -0.374 e. The fourth-order valence-electron chi connectivity index (χ4n) is 3.24. The molecular weight excluding hydrogens is 290 g/mol. The van der Waals surface area contributed by atoms with Gasteiger partial charge in [-0.25, -0.2) is 4.98 Å². The van der Waals surface area contributed by atoms with Crippen LogP contribution >= 0.6 is 0 Å². The first-order valence-electron chi connectivity index (χ1n) is 8.33. The molecule has 1 saturated heterocycles. The summed E-state index contributed by atoms with van der Waals surface area (Å²) >= 11 is 0. The van der Waals surface area contributed by atoms with E-state index < -0.39 is 0 Å². The number of imidazole rings is 1. The maximum atomic E-state index is 12.8. The molecule has 2 heterocycles. The number of carbonyl (C=O) groups excluding carboxylic acids is 1. The lowest BCUT2D eigenvalue weighted by Gasteiger charge is -2.33. The summed E-state index contributed by atoms with van der Waals surface area (Å²) in [5.74, 6) is 1.04. The van der Waals surface area contributed by atoms with E-state index in [1.54, 1.807) is 0 Å². The maximum absolute atomic E-state index is 12.8. The lowest BCUT2D eigenvalue weighted by Crippen LogP contribution is -2.43. The molecule has 0 saturated carbocycles. The van der Waals surface area contributed by atoms with Crippen LogP contribution in [0.5, 0.6) is 0 Å². The summed E-state index contributed by atoms with van der Waals surface area (Å²) in [5, 5.41) is 0. The largest absolute Gasteiger partial charge is 0.374 e. The number of piperidine rings is 1. The number of hydrogen-bond acceptors (Lipinski definition) is 3. The van der Waals surface area contributed by atoms with E-state index in [0.29, 0.717) is 6.54 Å². The fraction of sp³-hybridized carbons (Fsp3) is 0.556. The van der Waals surface area contributed by atoms with Crippen LogP contribution in [0.2, 0.25) is 0 Å². The molecule has 1 amide bonds. The highest BCUT2D eigenvalue weighted by Gasteiger charge is 2.25. The van der Waals surface area contributed by atoms with Crippen LogP contribution in [0.4, 0.5) is 0 Å². The van der Waals surface area contributed by atoms with Crippen molar-refractivity contribution in [2.75, 3.05) is 13.1 Å². The lowest BCUT2D eigenvalue weighted by molar-refractivity contribution is -0.0287. The minimum atomic E-state index is 0.0859. The van der Waals surface area contributed by atoms with Crippen molar-refractivity contribution in [3.05, 3.63) is 29.6 Å². The first-order chi connectivity index (χ1) is 11.0. The Morgan fingerprint density at radius 1 is 1.39 bits per heavy atom. The molecule has 1 aliphatic heterocycles. The van der Waals surface area contributed by atoms with E-state index in [1.165, 1.54) is 0 Å². The summed E-state index contributed by atoms with van der Waals surface area (Å²) in [5.41, 5.74) is 2.66. The number of aromatic nitrogens is 2. The van der Waals surface area contributed by atoms with Gasteiger partial charge in [-0.1, -0.05) is 0 Å². The quantitative estimate of drug-likeness (QED) is 0.875. The number of benzene rings is 1. The SMILES string of the molecule is Cc1nc2ccc(C(=O)N3CCCC(OC(C)C)C3)cc2n1C. The molecule has 1 aromatic carbocycles. The first kappa shape index (κ1) is 16.0. The summed E-state index contributed by atoms with van der Waals surface area (Å²) in [6.07, 6.45) is 2.37. The number of aryl methyl sites for hydroxylation is 2. The van der Waals surface area contributed by atoms with Gasteiger partial charge in [-0.2, -0.15) is 0 Å². The van der Waals surface area contributed by atoms with Gasteiger partial charge in [0.2, 0.25) is 0 Å². The Hall–Kier alpha value is -1.88. The van der Waals surface area contributed by atoms with Crippen molar-refractivity contribution in [2.45, 2.75) is 45.8 Å². The minimum absolute atomic E-state index is 0.0859. The number of ether oxygens (including phenoxy) is 1. The Morgan fingerprint density at radius 2 is 2.17 bits per heavy atom. The topological polar surface area (TPSA) is 47.4 Å². The van der Waals surface area contributed by atoms with Gasteiger partial charge >= 0.3 is 0 Å². The Bertz CT molecular complexity index is 720. The molecule has 1 aromatic heterocycles. The van der Waals surface area contributed by atoms with Gasteiger partial charge in [-0.15, -0.1) is 0 Å². The van der Waals surface area contributed by atoms with Crippen molar-refractivity contribution < 1.29 is 9.53 Å². The molecule has 0 radical (unpaired) electrons. The van der Waals surface area contributed by atoms with Gasteiger partial charge in [0.25, 0.3) is 5.91 Å². The van der Waals surface area contributed by atoms with Crippen molar-refractivity contribution in [1.82, 2.24) is 14.5 Å². The van der Waals surface area contributed by atoms with E-state index in [1.807, 2.05) is 55.5 Å². The van der Waals surface area contributed by atoms with E-state index in [9.17, 15) is 4.79 Å². The molecule has 1 unspecified atom stereocenters. The highest BCUT2D eigenvalue weighted by atomic mass is 16.5. The predicted octanol–water partition coefficient (Wildman–Crippen LogP) is 2.91. The summed E-state index contributed by atoms with van der Waals surface area (Å²) in [6, 6.07) is 5.76. The normalized spacial score (nSPS) is 18.8. The molecule has 1 atom stereocenters. The highest BCUT2D eigenvalue weighted by molar-refractivity contribution is 5.97. The van der Waals surface area contributed by atoms with Gasteiger partial charge in [-0.05, 0) is 51.8 Å². The second-order valence-corrected chi connectivity index (χ2v) is 6.62. The number of nitrogens with zero attached hydrogens (tertiary/aromatic N) is 3. The number of hydrogen-bond donors (Lipinski definition) is 0. The van der Waals surface area contributed by atoms with Gasteiger partial charge in [-0.3, -0.25) is 4.79 Å². The van der Waals surface area contributed by atoms with E-state index in [-0.39, 0.29) is 18.1 Å². The average Bonchev–Trinajstić information content (AvgIpc) is 2.81. The highest BCUT2D eigenvalue weighted by Crippen LogP contribution is 2.20. The van der Waals surface area contributed by atoms with Crippen molar-refractivity contribution in [2.24, 2.45) is 7.05 Å². The van der Waals surface area contributed by atoms with Gasteiger partial charge in [0, 0.05) is 25.7 Å². The third kappa shape index (κ3) is 3.24. The molecule has 0 N–H and O–H groups in total. The molecule has 5 heteroatoms. The zero-order valence-corrected chi connectivity index (χ0v) is 14.4. The Labute approximate surface area is 137 Å². The second-order valence-electron chi connectivity index (χ2n) is 6.62. The van der Waals surface area contributed by atoms with Crippen molar-refractivity contribution in [1.29, 1.82) is 0 Å². The molecule has 5 nitrogen and oxygen atoms in total. The summed E-state index contributed by atoms with van der Waals surface area (Å²) in [6.45, 7) is 7.54. The van der Waals surface area contributed by atoms with Crippen LogP contribution in [-0.4, -0.2) is 45.7 Å². The van der Waals surface area contributed by atoms with Gasteiger partial charge in [0.05, 0.1) is 23.2 Å². The van der Waals surface area contributed by atoms with Crippen LogP contribution in [0, 0.1) is 6.92 Å². The lowest BCUT2D eigenvalue weighted by atomic mass is 10.1. The zero-order valence-electron chi connectivity index (χ0n) is 14.4. The monoisotopic (exact) mass is 315 g/mol. The number of amides is 1. The molecule has 1 aliphatic rings. The summed E-state index contributed by atoms with van der Waals surface area (Å²) < 4.78 is 7.91. The average molecular weight is 315 g/mol. The second kappa shape index (κ2) is 6.32. The molecule has 0 bridgehead atoms. The van der Waals surface area contributed by atoms with Crippen molar-refractivity contribution in [3.8, 4) is 0 Å². The van der Waals surface area contributed by atoms with Gasteiger partial charge in [0.15, 0.2) is 0 Å². The molecule has 2 aromatic rings. The zero-order chi connectivity index (χ0) is 16.6. The molecule has 0 aliphatic carbocycles. The summed E-state index contributed by atoms with van der Waals surface area (Å²) in [7, 11) is 1.98. The van der Waals surface area contributed by atoms with Crippen LogP contribution in [-0.2, 0) is 11.8 Å². The molecular formula is C18H25N3O2. The third-order valence-electron chi connectivity index (χ3n) is 4.48. The third-order valence-corrected chi connectivity index (χ3v) is 4.48. The predicted molar refractivity (Wildman–Crippen MR) is 90.6 cm³/mol. The van der Waals surface area contributed by atoms with Crippen molar-refractivity contribution >= 4 is 16.9 Å². The molecule has 124 valence electrons. The van der Waals surface area contributed by atoms with Gasteiger partial charge in [0.1, 0.15) is 5.82 Å². The smallest absolute Gasteiger partial charge is 0.254 e. The molecule has 23 heavy (non-hydrogen) atoms. The van der Waals surface area contributed by atoms with Crippen LogP contribution in [0.15, 0.2) is 18.2 Å². The van der Waals surface area contributed by atoms with Crippen molar-refractivity contribution in [3.63, 3.8) is 0 Å². The van der Waals surface area contributed by atoms with Crippen LogP contribution < -0.4 is 0 Å². The van der Waals surface area contributed by atoms with Crippen LogP contribution in [0.1, 0.15) is 42.9 Å². The Kier molecular flexibility index (Phi) is 4.39. The standard InChI is InChI=1S/C18H25N3O2/c1-12(2)23-15-6-5-9-21(11-15)18(22)14-7-8-16-17(10-14)20(4)13(3)19-16/h7-8,10,12,15H,5-6,9,11H2,1-4H3. The fourth-order valence-corrected chi connectivity index (χ4v) is 3.24. The van der Waals surface area contributed by atoms with Crippen LogP contribution in [0.25, 0.3) is 11.0 Å². The van der Waals surface area contributed by atoms with E-state index in [0.717, 1.165) is 41.8 Å². The van der Waals surface area contributed by atoms with E-state index in [4.69, 9.17) is 4.74 Å². The first-order valence-corrected chi connectivity index (χ1v) is 8.33. The maximum Gasteiger partial charge on any atom is 0.254 e. The summed E-state index contributed by atoms with van der Waals surface area (Å²) in [4.78, 5) is 19.2. The molecule has 1 fully saturated rings. The number of fused-ring (bicyclic) bond motifs is 1. The molecule has 0 spiro atoms. The van der Waals surface area contributed by atoms with E-state index >= 15 is 0 Å². The Balaban J connectivity index is 1.80. The number of rotatable bonds is 3.